The van der Waals surface area contributed by atoms with Gasteiger partial charge in [-0.25, -0.2) is 0 Å². The van der Waals surface area contributed by atoms with Crippen LogP contribution < -0.4 is 5.32 Å². The lowest BCUT2D eigenvalue weighted by Crippen LogP contribution is -2.56. The monoisotopic (exact) mass is 299 g/mol. The smallest absolute Gasteiger partial charge is 0.249 e. The van der Waals surface area contributed by atoms with Crippen molar-refractivity contribution in [2.45, 2.75) is 85.0 Å². The van der Waals surface area contributed by atoms with Gasteiger partial charge in [-0.2, -0.15) is 0 Å². The minimum atomic E-state index is -0.991. The number of carbonyl (C=O) groups is 1. The lowest BCUT2D eigenvalue weighted by atomic mass is 9.66. The van der Waals surface area contributed by atoms with Crippen LogP contribution in [0.2, 0.25) is 0 Å². The van der Waals surface area contributed by atoms with Gasteiger partial charge in [0.25, 0.3) is 0 Å². The van der Waals surface area contributed by atoms with Crippen LogP contribution in [0, 0.1) is 17.3 Å². The maximum atomic E-state index is 12.2. The summed E-state index contributed by atoms with van der Waals surface area (Å²) in [7, 11) is 0. The Morgan fingerprint density at radius 1 is 1.33 bits per heavy atom. The molecule has 21 heavy (non-hydrogen) atoms. The number of nitrogens with one attached hydrogen (secondary N) is 1. The van der Waals surface area contributed by atoms with Crippen LogP contribution in [-0.2, 0) is 4.79 Å². The first kappa shape index (κ1) is 18.4. The third kappa shape index (κ3) is 4.43. The molecule has 0 aliphatic heterocycles. The van der Waals surface area contributed by atoms with Gasteiger partial charge >= 0.3 is 0 Å². The summed E-state index contributed by atoms with van der Waals surface area (Å²) in [6.07, 6.45) is 2.99. The third-order valence-electron chi connectivity index (χ3n) is 5.54. The number of hydrogen-bond acceptors (Lipinski definition) is 3. The molecule has 1 aliphatic rings. The first-order valence-corrected chi connectivity index (χ1v) is 8.41. The van der Waals surface area contributed by atoms with Crippen molar-refractivity contribution in [3.05, 3.63) is 0 Å². The molecule has 1 amide bonds. The van der Waals surface area contributed by atoms with Crippen molar-refractivity contribution < 1.29 is 15.0 Å². The Bertz CT molecular complexity index is 343. The van der Waals surface area contributed by atoms with Crippen LogP contribution in [0.1, 0.15) is 66.7 Å². The molecule has 0 aromatic heterocycles. The van der Waals surface area contributed by atoms with Gasteiger partial charge in [0.05, 0.1) is 12.1 Å². The van der Waals surface area contributed by atoms with Crippen LogP contribution in [0.15, 0.2) is 0 Å². The summed E-state index contributed by atoms with van der Waals surface area (Å²) in [5, 5.41) is 23.3. The van der Waals surface area contributed by atoms with Gasteiger partial charge in [0.2, 0.25) is 5.91 Å². The second-order valence-corrected chi connectivity index (χ2v) is 7.31. The van der Waals surface area contributed by atoms with Crippen LogP contribution in [0.3, 0.4) is 0 Å². The van der Waals surface area contributed by atoms with E-state index in [0.717, 1.165) is 32.1 Å². The molecule has 0 spiro atoms. The van der Waals surface area contributed by atoms with E-state index in [4.69, 9.17) is 0 Å². The zero-order chi connectivity index (χ0) is 16.2. The second-order valence-electron chi connectivity index (χ2n) is 7.31. The van der Waals surface area contributed by atoms with Crippen molar-refractivity contribution in [1.29, 1.82) is 0 Å². The van der Waals surface area contributed by atoms with Gasteiger partial charge in [-0.05, 0) is 30.1 Å². The zero-order valence-corrected chi connectivity index (χ0v) is 14.2. The zero-order valence-electron chi connectivity index (χ0n) is 14.2. The Labute approximate surface area is 129 Å². The SMILES string of the molecule is CC[C@H](C)[C@H](O)C(=O)N[C@@H]1[C@H](C(C)(C)CC)CCC[C@@H]1O. The van der Waals surface area contributed by atoms with Gasteiger partial charge in [-0.1, -0.05) is 53.9 Å². The lowest BCUT2D eigenvalue weighted by Gasteiger charge is -2.45. The summed E-state index contributed by atoms with van der Waals surface area (Å²) in [6.45, 7) is 10.4. The number of aliphatic hydroxyl groups excluding tert-OH is 2. The van der Waals surface area contributed by atoms with E-state index in [9.17, 15) is 15.0 Å². The predicted octanol–water partition coefficient (Wildman–Crippen LogP) is 2.48. The quantitative estimate of drug-likeness (QED) is 0.705. The Hall–Kier alpha value is -0.610. The summed E-state index contributed by atoms with van der Waals surface area (Å²) in [5.41, 5.74) is 0.0701. The van der Waals surface area contributed by atoms with E-state index >= 15 is 0 Å². The molecule has 4 nitrogen and oxygen atoms in total. The summed E-state index contributed by atoms with van der Waals surface area (Å²) < 4.78 is 0. The molecule has 0 aromatic rings. The van der Waals surface area contributed by atoms with E-state index in [1.54, 1.807) is 0 Å². The van der Waals surface area contributed by atoms with E-state index < -0.39 is 12.2 Å². The molecule has 0 saturated heterocycles. The Morgan fingerprint density at radius 2 is 1.95 bits per heavy atom. The average Bonchev–Trinajstić information content (AvgIpc) is 2.47. The minimum absolute atomic E-state index is 0.0663. The maximum absolute atomic E-state index is 12.2. The summed E-state index contributed by atoms with van der Waals surface area (Å²) in [5.74, 6) is -0.157. The largest absolute Gasteiger partial charge is 0.391 e. The molecule has 1 aliphatic carbocycles. The highest BCUT2D eigenvalue weighted by molar-refractivity contribution is 5.81. The lowest BCUT2D eigenvalue weighted by molar-refractivity contribution is -0.135. The van der Waals surface area contributed by atoms with Gasteiger partial charge in [-0.3, -0.25) is 4.79 Å². The van der Waals surface area contributed by atoms with E-state index in [1.165, 1.54) is 0 Å². The van der Waals surface area contributed by atoms with E-state index in [0.29, 0.717) is 0 Å². The Kier molecular flexibility index (Phi) is 6.67. The van der Waals surface area contributed by atoms with Crippen molar-refractivity contribution in [2.75, 3.05) is 0 Å². The van der Waals surface area contributed by atoms with Gasteiger partial charge < -0.3 is 15.5 Å². The third-order valence-corrected chi connectivity index (χ3v) is 5.54. The molecule has 3 N–H and O–H groups in total. The summed E-state index contributed by atoms with van der Waals surface area (Å²) >= 11 is 0. The standard InChI is InChI=1S/C17H33NO3/c1-6-11(3)15(20)16(21)18-14-12(17(4,5)7-2)9-8-10-13(14)19/h11-15,19-20H,6-10H2,1-5H3,(H,18,21)/t11-,12+,13-,14+,15-/m0/s1. The molecule has 1 saturated carbocycles. The van der Waals surface area contributed by atoms with Gasteiger partial charge in [0.1, 0.15) is 6.10 Å². The Morgan fingerprint density at radius 3 is 2.48 bits per heavy atom. The molecule has 0 aromatic carbocycles. The number of amides is 1. The highest BCUT2D eigenvalue weighted by Crippen LogP contribution is 2.40. The molecule has 0 heterocycles. The molecule has 4 heteroatoms. The van der Waals surface area contributed by atoms with Crippen LogP contribution in [0.4, 0.5) is 0 Å². The van der Waals surface area contributed by atoms with Crippen molar-refractivity contribution >= 4 is 5.91 Å². The maximum Gasteiger partial charge on any atom is 0.249 e. The molecular formula is C17H33NO3. The average molecular weight is 299 g/mol. The molecule has 0 bridgehead atoms. The number of hydrogen-bond donors (Lipinski definition) is 3. The molecule has 0 unspecified atom stereocenters. The molecular weight excluding hydrogens is 266 g/mol. The second kappa shape index (κ2) is 7.59. The van der Waals surface area contributed by atoms with E-state index in [-0.39, 0.29) is 29.2 Å². The number of carbonyl (C=O) groups excluding carboxylic acids is 1. The van der Waals surface area contributed by atoms with Crippen molar-refractivity contribution in [1.82, 2.24) is 5.32 Å². The van der Waals surface area contributed by atoms with Crippen molar-refractivity contribution in [3.63, 3.8) is 0 Å². The Balaban J connectivity index is 2.82. The van der Waals surface area contributed by atoms with Gasteiger partial charge in [0, 0.05) is 0 Å². The molecule has 0 radical (unpaired) electrons. The summed E-state index contributed by atoms with van der Waals surface area (Å²) in [4.78, 5) is 12.2. The van der Waals surface area contributed by atoms with Crippen molar-refractivity contribution in [3.8, 4) is 0 Å². The fourth-order valence-electron chi connectivity index (χ4n) is 3.24. The van der Waals surface area contributed by atoms with Crippen molar-refractivity contribution in [2.24, 2.45) is 17.3 Å². The molecule has 5 atom stereocenters. The minimum Gasteiger partial charge on any atom is -0.391 e. The van der Waals surface area contributed by atoms with Gasteiger partial charge in [-0.15, -0.1) is 0 Å². The molecule has 1 fully saturated rings. The highest BCUT2D eigenvalue weighted by atomic mass is 16.3. The van der Waals surface area contributed by atoms with Crippen LogP contribution in [-0.4, -0.2) is 34.4 Å². The number of rotatable bonds is 6. The van der Waals surface area contributed by atoms with Crippen LogP contribution >= 0.6 is 0 Å². The normalized spacial score (nSPS) is 29.8. The fraction of sp³-hybridized carbons (Fsp3) is 0.941. The molecule has 1 rings (SSSR count). The predicted molar refractivity (Wildman–Crippen MR) is 84.8 cm³/mol. The highest BCUT2D eigenvalue weighted by Gasteiger charge is 2.41. The number of aliphatic hydroxyl groups is 2. The topological polar surface area (TPSA) is 69.6 Å². The van der Waals surface area contributed by atoms with E-state index in [1.807, 2.05) is 13.8 Å². The molecule has 124 valence electrons. The first-order valence-electron chi connectivity index (χ1n) is 8.41. The fourth-order valence-corrected chi connectivity index (χ4v) is 3.24. The van der Waals surface area contributed by atoms with E-state index in [2.05, 4.69) is 26.1 Å². The summed E-state index contributed by atoms with van der Waals surface area (Å²) in [6, 6.07) is -0.250. The van der Waals surface area contributed by atoms with Crippen LogP contribution in [0.5, 0.6) is 0 Å². The van der Waals surface area contributed by atoms with Gasteiger partial charge in [0.15, 0.2) is 0 Å². The first-order chi connectivity index (χ1) is 9.74. The van der Waals surface area contributed by atoms with Crippen LogP contribution in [0.25, 0.3) is 0 Å².